The largest absolute Gasteiger partial charge is 0.379 e. The Balaban J connectivity index is 1.66. The van der Waals surface area contributed by atoms with Gasteiger partial charge in [0.15, 0.2) is 0 Å². The molecular formula is C38H55FO5S. The molecule has 1 aromatic heterocycles. The van der Waals surface area contributed by atoms with Gasteiger partial charge in [0.05, 0.1) is 6.61 Å². The second kappa shape index (κ2) is 19.1. The van der Waals surface area contributed by atoms with Gasteiger partial charge in [-0.3, -0.25) is 0 Å². The summed E-state index contributed by atoms with van der Waals surface area (Å²) < 4.78 is 48.2. The fraction of sp³-hybridized carbons (Fsp3) is 0.632. The Morgan fingerprint density at radius 3 is 2.09 bits per heavy atom. The van der Waals surface area contributed by atoms with E-state index in [0.29, 0.717) is 33.0 Å². The molecule has 0 amide bonds. The quantitative estimate of drug-likeness (QED) is 0.115. The van der Waals surface area contributed by atoms with E-state index in [4.69, 9.17) is 23.7 Å². The second-order valence-electron chi connectivity index (χ2n) is 12.3. The fourth-order valence-electron chi connectivity index (χ4n) is 5.91. The molecule has 7 heteroatoms. The van der Waals surface area contributed by atoms with Crippen molar-refractivity contribution in [3.63, 3.8) is 0 Å². The van der Waals surface area contributed by atoms with Gasteiger partial charge in [0.1, 0.15) is 36.3 Å². The first-order chi connectivity index (χ1) is 22.0. The van der Waals surface area contributed by atoms with Crippen molar-refractivity contribution in [2.45, 2.75) is 123 Å². The molecular weight excluding hydrogens is 587 g/mol. The maximum atomic E-state index is 14.0. The van der Waals surface area contributed by atoms with Crippen molar-refractivity contribution in [2.75, 3.05) is 33.0 Å². The number of hydrogen-bond donors (Lipinski definition) is 0. The lowest BCUT2D eigenvalue weighted by molar-refractivity contribution is -0.268. The Morgan fingerprint density at radius 1 is 0.756 bits per heavy atom. The van der Waals surface area contributed by atoms with Gasteiger partial charge in [0.2, 0.25) is 0 Å². The SMILES string of the molecule is CCCCOC[C@H]1O[C@@H](c2cccc(Cc3sc4ccc(F)cc4c3C)c2)[C@H](OCCCC)[C@@H](OCCCC)[C@@H]1OCCCC. The van der Waals surface area contributed by atoms with Crippen LogP contribution in [0.5, 0.6) is 0 Å². The summed E-state index contributed by atoms with van der Waals surface area (Å²) in [6.07, 6.45) is 7.54. The number of fused-ring (bicyclic) bond motifs is 1. The number of benzene rings is 2. The molecule has 0 N–H and O–H groups in total. The van der Waals surface area contributed by atoms with E-state index in [1.807, 2.05) is 6.07 Å². The summed E-state index contributed by atoms with van der Waals surface area (Å²) in [7, 11) is 0. The zero-order chi connectivity index (χ0) is 32.0. The lowest BCUT2D eigenvalue weighted by Crippen LogP contribution is -2.58. The number of aryl methyl sites for hydroxylation is 1. The van der Waals surface area contributed by atoms with Crippen LogP contribution in [0, 0.1) is 12.7 Å². The monoisotopic (exact) mass is 642 g/mol. The first kappa shape index (κ1) is 36.0. The average Bonchev–Trinajstić information content (AvgIpc) is 3.34. The molecule has 3 aromatic rings. The summed E-state index contributed by atoms with van der Waals surface area (Å²) in [5.74, 6) is -0.193. The Labute approximate surface area is 274 Å². The van der Waals surface area contributed by atoms with Crippen LogP contribution in [-0.4, -0.2) is 57.5 Å². The van der Waals surface area contributed by atoms with E-state index >= 15 is 0 Å². The highest BCUT2D eigenvalue weighted by Crippen LogP contribution is 2.39. The molecule has 0 aliphatic carbocycles. The minimum atomic E-state index is -0.322. The predicted molar refractivity (Wildman–Crippen MR) is 183 cm³/mol. The van der Waals surface area contributed by atoms with Crippen molar-refractivity contribution < 1.29 is 28.1 Å². The molecule has 5 atom stereocenters. The summed E-state index contributed by atoms with van der Waals surface area (Å²) >= 11 is 1.74. The van der Waals surface area contributed by atoms with Gasteiger partial charge in [-0.2, -0.15) is 0 Å². The smallest absolute Gasteiger partial charge is 0.123 e. The molecule has 0 spiro atoms. The van der Waals surface area contributed by atoms with Gasteiger partial charge in [-0.05, 0) is 72.9 Å². The summed E-state index contributed by atoms with van der Waals surface area (Å²) in [6.45, 7) is 13.9. The number of rotatable bonds is 20. The molecule has 0 unspecified atom stereocenters. The standard InChI is InChI=1S/C38H55FO5S/c1-6-10-19-40-26-32-36(41-20-11-7-2)38(43-22-13-9-4)37(42-21-12-8-3)35(44-32)29-16-14-15-28(23-29)24-34-27(5)31-25-30(39)17-18-33(31)45-34/h14-18,23,25,32,35-38H,6-13,19-22,24,26H2,1-5H3/t32-,35+,36-,37+,38+/m1/s1. The van der Waals surface area contributed by atoms with E-state index in [-0.39, 0.29) is 36.3 Å². The van der Waals surface area contributed by atoms with Gasteiger partial charge in [-0.1, -0.05) is 77.6 Å². The molecule has 0 radical (unpaired) electrons. The molecule has 0 saturated carbocycles. The highest BCUT2D eigenvalue weighted by Gasteiger charge is 2.48. The number of thiophene rings is 1. The fourth-order valence-corrected chi connectivity index (χ4v) is 7.13. The number of ether oxygens (including phenoxy) is 5. The highest BCUT2D eigenvalue weighted by molar-refractivity contribution is 7.19. The Hall–Kier alpha value is -1.87. The summed E-state index contributed by atoms with van der Waals surface area (Å²) in [4.78, 5) is 1.25. The molecule has 1 fully saturated rings. The first-order valence-electron chi connectivity index (χ1n) is 17.3. The normalized spacial score (nSPS) is 22.0. The van der Waals surface area contributed by atoms with E-state index in [1.54, 1.807) is 23.5 Å². The van der Waals surface area contributed by atoms with Gasteiger partial charge in [-0.15, -0.1) is 11.3 Å². The number of halogens is 1. The molecule has 1 saturated heterocycles. The van der Waals surface area contributed by atoms with Crippen LogP contribution in [0.1, 0.15) is 107 Å². The van der Waals surface area contributed by atoms with Crippen LogP contribution in [0.3, 0.4) is 0 Å². The zero-order valence-electron chi connectivity index (χ0n) is 28.2. The van der Waals surface area contributed by atoms with E-state index in [2.05, 4.69) is 58.9 Å². The molecule has 1 aliphatic rings. The van der Waals surface area contributed by atoms with Gasteiger partial charge in [0.25, 0.3) is 0 Å². The van der Waals surface area contributed by atoms with Crippen LogP contribution in [0.2, 0.25) is 0 Å². The van der Waals surface area contributed by atoms with Crippen LogP contribution in [0.25, 0.3) is 10.1 Å². The lowest BCUT2D eigenvalue weighted by Gasteiger charge is -2.46. The third-order valence-corrected chi connectivity index (χ3v) is 9.90. The molecule has 5 nitrogen and oxygen atoms in total. The van der Waals surface area contributed by atoms with Gasteiger partial charge in [0, 0.05) is 42.4 Å². The molecule has 0 bridgehead atoms. The summed E-state index contributed by atoms with van der Waals surface area (Å²) in [6, 6.07) is 13.8. The van der Waals surface area contributed by atoms with E-state index in [9.17, 15) is 4.39 Å². The lowest BCUT2D eigenvalue weighted by atomic mass is 9.89. The molecule has 2 heterocycles. The topological polar surface area (TPSA) is 46.2 Å². The maximum Gasteiger partial charge on any atom is 0.123 e. The number of hydrogen-bond acceptors (Lipinski definition) is 6. The maximum absolute atomic E-state index is 14.0. The van der Waals surface area contributed by atoms with Crippen LogP contribution in [0.4, 0.5) is 4.39 Å². The third-order valence-electron chi connectivity index (χ3n) is 8.62. The Morgan fingerprint density at radius 2 is 1.40 bits per heavy atom. The second-order valence-corrected chi connectivity index (χ2v) is 13.4. The van der Waals surface area contributed by atoms with Gasteiger partial charge in [-0.25, -0.2) is 4.39 Å². The van der Waals surface area contributed by atoms with Crippen LogP contribution < -0.4 is 0 Å². The van der Waals surface area contributed by atoms with Crippen LogP contribution in [-0.2, 0) is 30.1 Å². The first-order valence-corrected chi connectivity index (χ1v) is 18.2. The molecule has 4 rings (SSSR count). The Kier molecular flexibility index (Phi) is 15.2. The molecule has 1 aliphatic heterocycles. The third kappa shape index (κ3) is 10.1. The van der Waals surface area contributed by atoms with Crippen molar-refractivity contribution in [1.82, 2.24) is 0 Å². The van der Waals surface area contributed by atoms with E-state index in [1.165, 1.54) is 10.4 Å². The van der Waals surface area contributed by atoms with Crippen LogP contribution >= 0.6 is 11.3 Å². The van der Waals surface area contributed by atoms with Crippen molar-refractivity contribution in [1.29, 1.82) is 0 Å². The van der Waals surface area contributed by atoms with Crippen LogP contribution in [0.15, 0.2) is 42.5 Å². The van der Waals surface area contributed by atoms with Gasteiger partial charge < -0.3 is 23.7 Å². The minimum absolute atomic E-state index is 0.193. The average molecular weight is 643 g/mol. The minimum Gasteiger partial charge on any atom is -0.379 e. The van der Waals surface area contributed by atoms with Crippen molar-refractivity contribution in [3.8, 4) is 0 Å². The highest BCUT2D eigenvalue weighted by atomic mass is 32.1. The van der Waals surface area contributed by atoms with Crippen molar-refractivity contribution >= 4 is 21.4 Å². The van der Waals surface area contributed by atoms with Crippen molar-refractivity contribution in [2.24, 2.45) is 0 Å². The zero-order valence-corrected chi connectivity index (χ0v) is 29.0. The van der Waals surface area contributed by atoms with E-state index in [0.717, 1.165) is 79.0 Å². The van der Waals surface area contributed by atoms with Gasteiger partial charge >= 0.3 is 0 Å². The van der Waals surface area contributed by atoms with E-state index < -0.39 is 0 Å². The van der Waals surface area contributed by atoms with Crippen molar-refractivity contribution in [3.05, 3.63) is 69.8 Å². The molecule has 250 valence electrons. The molecule has 2 aromatic carbocycles. The Bertz CT molecular complexity index is 1280. The molecule has 45 heavy (non-hydrogen) atoms. The summed E-state index contributed by atoms with van der Waals surface area (Å²) in [5, 5.41) is 0.998. The number of unbranched alkanes of at least 4 members (excludes halogenated alkanes) is 4. The predicted octanol–water partition coefficient (Wildman–Crippen LogP) is 9.75. The summed E-state index contributed by atoms with van der Waals surface area (Å²) in [5.41, 5.74) is 3.42.